The van der Waals surface area contributed by atoms with Crippen LogP contribution in [0.4, 0.5) is 0 Å². The van der Waals surface area contributed by atoms with E-state index < -0.39 is 0 Å². The van der Waals surface area contributed by atoms with Crippen molar-refractivity contribution < 1.29 is 9.53 Å². The molecule has 1 fully saturated rings. The number of carbonyl (C=O) groups excluding carboxylic acids is 1. The minimum absolute atomic E-state index is 0.332. The quantitative estimate of drug-likeness (QED) is 0.589. The fourth-order valence-corrected chi connectivity index (χ4v) is 2.35. The first-order valence-electron chi connectivity index (χ1n) is 6.37. The molecule has 2 rings (SSSR count). The van der Waals surface area contributed by atoms with Crippen molar-refractivity contribution in [2.75, 3.05) is 13.2 Å². The van der Waals surface area contributed by atoms with Gasteiger partial charge in [0.25, 0.3) is 0 Å². The summed E-state index contributed by atoms with van der Waals surface area (Å²) in [4.78, 5) is 13.5. The van der Waals surface area contributed by atoms with E-state index >= 15 is 0 Å². The van der Waals surface area contributed by atoms with E-state index in [-0.39, 0.29) is 5.97 Å². The van der Waals surface area contributed by atoms with Gasteiger partial charge in [-0.2, -0.15) is 0 Å². The van der Waals surface area contributed by atoms with Crippen LogP contribution in [-0.4, -0.2) is 30.1 Å². The lowest BCUT2D eigenvalue weighted by Gasteiger charge is -2.23. The topological polar surface area (TPSA) is 29.5 Å². The molecule has 1 aromatic carbocycles. The number of hydrogen-bond acceptors (Lipinski definition) is 3. The molecular weight excluding hydrogens is 226 g/mol. The first-order valence-corrected chi connectivity index (χ1v) is 6.37. The van der Waals surface area contributed by atoms with Gasteiger partial charge in [-0.25, -0.2) is 4.79 Å². The van der Waals surface area contributed by atoms with Gasteiger partial charge in [0.15, 0.2) is 0 Å². The van der Waals surface area contributed by atoms with Crippen LogP contribution in [0.15, 0.2) is 43.0 Å². The summed E-state index contributed by atoms with van der Waals surface area (Å²) in [7, 11) is 0. The van der Waals surface area contributed by atoms with Crippen molar-refractivity contribution in [1.29, 1.82) is 0 Å². The normalized spacial score (nSPS) is 19.7. The Labute approximate surface area is 108 Å². The standard InChI is InChI=1S/C15H19NO2/c1-2-15(17)18-12-14-9-6-10-16(14)11-13-7-4-3-5-8-13/h2-5,7-8,14H,1,6,9-12H2/t14-/m0/s1. The highest BCUT2D eigenvalue weighted by molar-refractivity contribution is 5.81. The van der Waals surface area contributed by atoms with Crippen LogP contribution in [0.3, 0.4) is 0 Å². The molecule has 1 aliphatic rings. The highest BCUT2D eigenvalue weighted by Crippen LogP contribution is 2.20. The van der Waals surface area contributed by atoms with Crippen molar-refractivity contribution >= 4 is 5.97 Å². The molecule has 1 aliphatic heterocycles. The maximum atomic E-state index is 11.1. The van der Waals surface area contributed by atoms with Crippen molar-refractivity contribution in [1.82, 2.24) is 4.90 Å². The lowest BCUT2D eigenvalue weighted by Crippen LogP contribution is -2.33. The maximum Gasteiger partial charge on any atom is 0.330 e. The van der Waals surface area contributed by atoms with Crippen LogP contribution in [0.25, 0.3) is 0 Å². The lowest BCUT2D eigenvalue weighted by molar-refractivity contribution is -0.139. The van der Waals surface area contributed by atoms with E-state index in [9.17, 15) is 4.79 Å². The zero-order valence-corrected chi connectivity index (χ0v) is 10.5. The van der Waals surface area contributed by atoms with E-state index in [1.807, 2.05) is 6.07 Å². The number of nitrogens with zero attached hydrogens (tertiary/aromatic N) is 1. The number of benzene rings is 1. The number of rotatable bonds is 5. The molecule has 0 saturated carbocycles. The lowest BCUT2D eigenvalue weighted by atomic mass is 10.2. The molecule has 1 aromatic rings. The number of ether oxygens (including phenoxy) is 1. The van der Waals surface area contributed by atoms with E-state index in [4.69, 9.17) is 4.74 Å². The Hall–Kier alpha value is -1.61. The fourth-order valence-electron chi connectivity index (χ4n) is 2.35. The second kappa shape index (κ2) is 6.36. The Morgan fingerprint density at radius 2 is 2.22 bits per heavy atom. The third-order valence-corrected chi connectivity index (χ3v) is 3.31. The minimum Gasteiger partial charge on any atom is -0.461 e. The second-order valence-corrected chi connectivity index (χ2v) is 4.59. The average molecular weight is 245 g/mol. The molecule has 0 aliphatic carbocycles. The van der Waals surface area contributed by atoms with Crippen LogP contribution in [0, 0.1) is 0 Å². The summed E-state index contributed by atoms with van der Waals surface area (Å²) in [6.45, 7) is 5.88. The first-order chi connectivity index (χ1) is 8.79. The summed E-state index contributed by atoms with van der Waals surface area (Å²) in [5.41, 5.74) is 1.31. The molecule has 0 N–H and O–H groups in total. The van der Waals surface area contributed by atoms with Gasteiger partial charge in [0.1, 0.15) is 6.61 Å². The van der Waals surface area contributed by atoms with Crippen molar-refractivity contribution in [3.63, 3.8) is 0 Å². The second-order valence-electron chi connectivity index (χ2n) is 4.59. The molecule has 0 radical (unpaired) electrons. The SMILES string of the molecule is C=CC(=O)OC[C@@H]1CCCN1Cc1ccccc1. The molecule has 3 heteroatoms. The molecule has 18 heavy (non-hydrogen) atoms. The Kier molecular flexibility index (Phi) is 4.53. The summed E-state index contributed by atoms with van der Waals surface area (Å²) in [5.74, 6) is -0.332. The molecule has 96 valence electrons. The summed E-state index contributed by atoms with van der Waals surface area (Å²) in [6.07, 6.45) is 3.48. The molecule has 0 bridgehead atoms. The number of likely N-dealkylation sites (tertiary alicyclic amines) is 1. The Morgan fingerprint density at radius 1 is 1.44 bits per heavy atom. The van der Waals surface area contributed by atoms with Crippen molar-refractivity contribution in [3.05, 3.63) is 48.6 Å². The summed E-state index contributed by atoms with van der Waals surface area (Å²) >= 11 is 0. The van der Waals surface area contributed by atoms with Crippen molar-refractivity contribution in [2.24, 2.45) is 0 Å². The maximum absolute atomic E-state index is 11.1. The molecule has 0 amide bonds. The van der Waals surface area contributed by atoms with Crippen LogP contribution in [-0.2, 0) is 16.1 Å². The van der Waals surface area contributed by atoms with Crippen molar-refractivity contribution in [3.8, 4) is 0 Å². The van der Waals surface area contributed by atoms with Crippen LogP contribution < -0.4 is 0 Å². The Morgan fingerprint density at radius 3 is 2.94 bits per heavy atom. The largest absolute Gasteiger partial charge is 0.461 e. The van der Waals surface area contributed by atoms with Gasteiger partial charge in [-0.1, -0.05) is 36.9 Å². The van der Waals surface area contributed by atoms with E-state index in [1.165, 1.54) is 18.1 Å². The van der Waals surface area contributed by atoms with Gasteiger partial charge >= 0.3 is 5.97 Å². The van der Waals surface area contributed by atoms with Gasteiger partial charge in [0, 0.05) is 18.7 Å². The van der Waals surface area contributed by atoms with E-state index in [2.05, 4.69) is 35.7 Å². The van der Waals surface area contributed by atoms with Gasteiger partial charge in [0.05, 0.1) is 0 Å². The zero-order valence-electron chi connectivity index (χ0n) is 10.5. The molecule has 1 saturated heterocycles. The molecule has 0 unspecified atom stereocenters. The monoisotopic (exact) mass is 245 g/mol. The molecule has 3 nitrogen and oxygen atoms in total. The highest BCUT2D eigenvalue weighted by Gasteiger charge is 2.25. The van der Waals surface area contributed by atoms with Crippen LogP contribution in [0.2, 0.25) is 0 Å². The van der Waals surface area contributed by atoms with E-state index in [1.54, 1.807) is 0 Å². The summed E-state index contributed by atoms with van der Waals surface area (Å²) in [5, 5.41) is 0. The Bertz CT molecular complexity index is 402. The third-order valence-electron chi connectivity index (χ3n) is 3.31. The summed E-state index contributed by atoms with van der Waals surface area (Å²) < 4.78 is 5.14. The summed E-state index contributed by atoms with van der Waals surface area (Å²) in [6, 6.07) is 10.7. The molecule has 0 aromatic heterocycles. The predicted molar refractivity (Wildman–Crippen MR) is 71.0 cm³/mol. The van der Waals surface area contributed by atoms with E-state index in [0.29, 0.717) is 12.6 Å². The fraction of sp³-hybridized carbons (Fsp3) is 0.400. The van der Waals surface area contributed by atoms with Crippen molar-refractivity contribution in [2.45, 2.75) is 25.4 Å². The molecule has 1 heterocycles. The predicted octanol–water partition coefficient (Wildman–Crippen LogP) is 2.38. The third kappa shape index (κ3) is 3.44. The molecule has 0 spiro atoms. The first kappa shape index (κ1) is 12.8. The smallest absolute Gasteiger partial charge is 0.330 e. The van der Waals surface area contributed by atoms with E-state index in [0.717, 1.165) is 19.5 Å². The van der Waals surface area contributed by atoms with Crippen LogP contribution in [0.5, 0.6) is 0 Å². The van der Waals surface area contributed by atoms with Crippen LogP contribution >= 0.6 is 0 Å². The van der Waals surface area contributed by atoms with Gasteiger partial charge in [-0.15, -0.1) is 0 Å². The Balaban J connectivity index is 1.87. The minimum atomic E-state index is -0.332. The number of carbonyl (C=O) groups is 1. The molecular formula is C15H19NO2. The van der Waals surface area contributed by atoms with Gasteiger partial charge in [0.2, 0.25) is 0 Å². The van der Waals surface area contributed by atoms with Gasteiger partial charge in [-0.05, 0) is 24.9 Å². The number of esters is 1. The average Bonchev–Trinajstić information content (AvgIpc) is 2.84. The zero-order chi connectivity index (χ0) is 12.8. The van der Waals surface area contributed by atoms with Gasteiger partial charge < -0.3 is 4.74 Å². The van der Waals surface area contributed by atoms with Gasteiger partial charge in [-0.3, -0.25) is 4.90 Å². The van der Waals surface area contributed by atoms with Crippen LogP contribution in [0.1, 0.15) is 18.4 Å². The molecule has 1 atom stereocenters. The highest BCUT2D eigenvalue weighted by atomic mass is 16.5. The number of hydrogen-bond donors (Lipinski definition) is 0.